The fourth-order valence-corrected chi connectivity index (χ4v) is 3.07. The highest BCUT2D eigenvalue weighted by molar-refractivity contribution is 9.10. The van der Waals surface area contributed by atoms with Gasteiger partial charge in [0.25, 0.3) is 5.91 Å². The van der Waals surface area contributed by atoms with E-state index in [-0.39, 0.29) is 5.91 Å². The number of nitrogens with one attached hydrogen (secondary N) is 1. The highest BCUT2D eigenvalue weighted by atomic mass is 79.9. The van der Waals surface area contributed by atoms with E-state index in [1.54, 1.807) is 0 Å². The van der Waals surface area contributed by atoms with Crippen LogP contribution in [0.25, 0.3) is 0 Å². The molecule has 1 aromatic carbocycles. The molecule has 0 atom stereocenters. The summed E-state index contributed by atoms with van der Waals surface area (Å²) in [7, 11) is 0. The average Bonchev–Trinajstić information content (AvgIpc) is 2.82. The molecule has 5 heteroatoms. The number of hydrogen-bond donors (Lipinski definition) is 2. The van der Waals surface area contributed by atoms with Crippen LogP contribution in [0.1, 0.15) is 41.6 Å². The van der Waals surface area contributed by atoms with Gasteiger partial charge in [0.2, 0.25) is 0 Å². The standard InChI is InChI=1S/C14H17BrN2OS/c1-9-4-5-10(8-11(9)15)12(18)17-14(13(16)19)6-2-3-7-14/h4-5,8H,2-3,6-7H2,1H3,(H2,16,19)(H,17,18). The number of halogens is 1. The zero-order chi connectivity index (χ0) is 14.0. The molecule has 1 saturated carbocycles. The van der Waals surface area contributed by atoms with Crippen molar-refractivity contribution in [3.63, 3.8) is 0 Å². The summed E-state index contributed by atoms with van der Waals surface area (Å²) < 4.78 is 0.927. The molecule has 0 saturated heterocycles. The Bertz CT molecular complexity index is 524. The number of carbonyl (C=O) groups excluding carboxylic acids is 1. The Hall–Kier alpha value is -0.940. The van der Waals surface area contributed by atoms with Gasteiger partial charge in [-0.15, -0.1) is 0 Å². The summed E-state index contributed by atoms with van der Waals surface area (Å²) in [5, 5.41) is 3.03. The second-order valence-electron chi connectivity index (χ2n) is 5.07. The zero-order valence-corrected chi connectivity index (χ0v) is 13.2. The monoisotopic (exact) mass is 340 g/mol. The Labute approximate surface area is 127 Å². The van der Waals surface area contributed by atoms with Crippen LogP contribution in [0, 0.1) is 6.92 Å². The van der Waals surface area contributed by atoms with Crippen molar-refractivity contribution >= 4 is 39.0 Å². The lowest BCUT2D eigenvalue weighted by Crippen LogP contribution is -2.54. The number of nitrogens with two attached hydrogens (primary N) is 1. The molecule has 102 valence electrons. The average molecular weight is 341 g/mol. The summed E-state index contributed by atoms with van der Waals surface area (Å²) in [6, 6.07) is 5.56. The fourth-order valence-electron chi connectivity index (χ4n) is 2.44. The van der Waals surface area contributed by atoms with E-state index in [2.05, 4.69) is 21.2 Å². The van der Waals surface area contributed by atoms with Crippen LogP contribution >= 0.6 is 28.1 Å². The van der Waals surface area contributed by atoms with Crippen LogP contribution in [0.15, 0.2) is 22.7 Å². The molecule has 0 unspecified atom stereocenters. The lowest BCUT2D eigenvalue weighted by Gasteiger charge is -2.29. The van der Waals surface area contributed by atoms with E-state index >= 15 is 0 Å². The third kappa shape index (κ3) is 2.98. The maximum atomic E-state index is 12.3. The molecule has 19 heavy (non-hydrogen) atoms. The summed E-state index contributed by atoms with van der Waals surface area (Å²) in [6.07, 6.45) is 3.77. The number of amides is 1. The van der Waals surface area contributed by atoms with Crippen LogP contribution in [-0.4, -0.2) is 16.4 Å². The highest BCUT2D eigenvalue weighted by Gasteiger charge is 2.38. The molecule has 0 aromatic heterocycles. The Morgan fingerprint density at radius 3 is 2.58 bits per heavy atom. The van der Waals surface area contributed by atoms with Gasteiger partial charge < -0.3 is 11.1 Å². The molecule has 3 nitrogen and oxygen atoms in total. The molecule has 0 radical (unpaired) electrons. The van der Waals surface area contributed by atoms with E-state index in [1.807, 2.05) is 25.1 Å². The third-order valence-corrected chi connectivity index (χ3v) is 4.96. The van der Waals surface area contributed by atoms with Gasteiger partial charge in [-0.1, -0.05) is 47.1 Å². The van der Waals surface area contributed by atoms with E-state index in [1.165, 1.54) is 0 Å². The summed E-state index contributed by atoms with van der Waals surface area (Å²) in [6.45, 7) is 1.99. The SMILES string of the molecule is Cc1ccc(C(=O)NC2(C(N)=S)CCCC2)cc1Br. The molecular formula is C14H17BrN2OS. The summed E-state index contributed by atoms with van der Waals surface area (Å²) in [5.74, 6) is -0.115. The first-order valence-electron chi connectivity index (χ1n) is 6.33. The summed E-state index contributed by atoms with van der Waals surface area (Å²) in [4.78, 5) is 12.7. The minimum atomic E-state index is -0.496. The Kier molecular flexibility index (Phi) is 4.26. The number of benzene rings is 1. The minimum absolute atomic E-state index is 0.115. The molecule has 1 aromatic rings. The van der Waals surface area contributed by atoms with E-state index in [9.17, 15) is 4.79 Å². The molecule has 1 amide bonds. The molecule has 3 N–H and O–H groups in total. The van der Waals surface area contributed by atoms with Gasteiger partial charge in [-0.2, -0.15) is 0 Å². The van der Waals surface area contributed by atoms with Crippen molar-refractivity contribution in [3.05, 3.63) is 33.8 Å². The van der Waals surface area contributed by atoms with Crippen LogP contribution in [0.2, 0.25) is 0 Å². The number of aryl methyl sites for hydroxylation is 1. The van der Waals surface area contributed by atoms with Gasteiger partial charge in [-0.05, 0) is 37.5 Å². The predicted molar refractivity (Wildman–Crippen MR) is 84.3 cm³/mol. The molecule has 0 heterocycles. The second kappa shape index (κ2) is 5.59. The summed E-state index contributed by atoms with van der Waals surface area (Å²) >= 11 is 8.58. The first kappa shape index (κ1) is 14.5. The van der Waals surface area contributed by atoms with Gasteiger partial charge in [-0.25, -0.2) is 0 Å². The van der Waals surface area contributed by atoms with Crippen molar-refractivity contribution in [2.24, 2.45) is 5.73 Å². The maximum Gasteiger partial charge on any atom is 0.252 e. The molecule has 0 bridgehead atoms. The van der Waals surface area contributed by atoms with Crippen molar-refractivity contribution < 1.29 is 4.79 Å². The number of thiocarbonyl (C=S) groups is 1. The largest absolute Gasteiger partial charge is 0.391 e. The molecule has 2 rings (SSSR count). The number of rotatable bonds is 3. The van der Waals surface area contributed by atoms with Crippen LogP contribution in [0.4, 0.5) is 0 Å². The summed E-state index contributed by atoms with van der Waals surface area (Å²) in [5.41, 5.74) is 7.05. The predicted octanol–water partition coefficient (Wildman–Crippen LogP) is 3.09. The van der Waals surface area contributed by atoms with Crippen molar-refractivity contribution in [1.29, 1.82) is 0 Å². The second-order valence-corrected chi connectivity index (χ2v) is 6.37. The fraction of sp³-hybridized carbons (Fsp3) is 0.429. The quantitative estimate of drug-likeness (QED) is 0.831. The molecular weight excluding hydrogens is 324 g/mol. The van der Waals surface area contributed by atoms with Gasteiger partial charge in [-0.3, -0.25) is 4.79 Å². The lowest BCUT2D eigenvalue weighted by molar-refractivity contribution is 0.0924. The van der Waals surface area contributed by atoms with Crippen LogP contribution in [-0.2, 0) is 0 Å². The highest BCUT2D eigenvalue weighted by Crippen LogP contribution is 2.30. The van der Waals surface area contributed by atoms with E-state index in [4.69, 9.17) is 18.0 Å². The normalized spacial score (nSPS) is 17.2. The molecule has 1 fully saturated rings. The first-order valence-corrected chi connectivity index (χ1v) is 7.53. The Balaban J connectivity index is 2.20. The maximum absolute atomic E-state index is 12.3. The molecule has 1 aliphatic rings. The minimum Gasteiger partial charge on any atom is -0.391 e. The van der Waals surface area contributed by atoms with Gasteiger partial charge in [0.1, 0.15) is 0 Å². The molecule has 0 aliphatic heterocycles. The van der Waals surface area contributed by atoms with Crippen molar-refractivity contribution in [1.82, 2.24) is 5.32 Å². The smallest absolute Gasteiger partial charge is 0.252 e. The number of hydrogen-bond acceptors (Lipinski definition) is 2. The zero-order valence-electron chi connectivity index (χ0n) is 10.8. The van der Waals surface area contributed by atoms with Crippen molar-refractivity contribution in [3.8, 4) is 0 Å². The first-order chi connectivity index (χ1) is 8.94. The van der Waals surface area contributed by atoms with E-state index in [0.29, 0.717) is 10.6 Å². The van der Waals surface area contributed by atoms with Crippen molar-refractivity contribution in [2.75, 3.05) is 0 Å². The van der Waals surface area contributed by atoms with Gasteiger partial charge in [0.05, 0.1) is 10.5 Å². The Morgan fingerprint density at radius 2 is 2.05 bits per heavy atom. The third-order valence-electron chi connectivity index (χ3n) is 3.72. The molecule has 1 aliphatic carbocycles. The van der Waals surface area contributed by atoms with Crippen molar-refractivity contribution in [2.45, 2.75) is 38.1 Å². The molecule has 0 spiro atoms. The van der Waals surface area contributed by atoms with E-state index < -0.39 is 5.54 Å². The van der Waals surface area contributed by atoms with Crippen LogP contribution < -0.4 is 11.1 Å². The number of carbonyl (C=O) groups is 1. The van der Waals surface area contributed by atoms with E-state index in [0.717, 1.165) is 35.7 Å². The lowest BCUT2D eigenvalue weighted by atomic mass is 9.97. The Morgan fingerprint density at radius 1 is 1.42 bits per heavy atom. The van der Waals surface area contributed by atoms with Crippen LogP contribution in [0.3, 0.4) is 0 Å². The van der Waals surface area contributed by atoms with Gasteiger partial charge in [0, 0.05) is 10.0 Å². The van der Waals surface area contributed by atoms with Crippen LogP contribution in [0.5, 0.6) is 0 Å². The van der Waals surface area contributed by atoms with Gasteiger partial charge in [0.15, 0.2) is 0 Å². The topological polar surface area (TPSA) is 55.1 Å². The van der Waals surface area contributed by atoms with Gasteiger partial charge >= 0.3 is 0 Å².